The van der Waals surface area contributed by atoms with Gasteiger partial charge in [-0.05, 0) is 19.4 Å². The zero-order valence-electron chi connectivity index (χ0n) is 12.0. The second-order valence-corrected chi connectivity index (χ2v) is 5.94. The van der Waals surface area contributed by atoms with Crippen LogP contribution in [-0.4, -0.2) is 46.1 Å². The number of likely N-dealkylation sites (N-methyl/N-ethyl adjacent to an activating group) is 1. The lowest BCUT2D eigenvalue weighted by molar-refractivity contribution is -0.119. The van der Waals surface area contributed by atoms with E-state index >= 15 is 0 Å². The third-order valence-electron chi connectivity index (χ3n) is 3.62. The summed E-state index contributed by atoms with van der Waals surface area (Å²) in [5.41, 5.74) is 0. The van der Waals surface area contributed by atoms with E-state index in [1.807, 2.05) is 5.38 Å². The van der Waals surface area contributed by atoms with E-state index in [1.165, 1.54) is 11.3 Å². The largest absolute Gasteiger partial charge is 0.340 e. The Morgan fingerprint density at radius 2 is 2.48 bits per heavy atom. The van der Waals surface area contributed by atoms with Crippen LogP contribution >= 0.6 is 11.3 Å². The molecular weight excluding hydrogens is 290 g/mol. The normalized spacial score (nSPS) is 19.0. The highest BCUT2D eigenvalue weighted by atomic mass is 32.1. The van der Waals surface area contributed by atoms with E-state index in [0.29, 0.717) is 23.4 Å². The molecule has 3 rings (SSSR count). The van der Waals surface area contributed by atoms with Crippen LogP contribution in [0.25, 0.3) is 0 Å². The molecule has 7 nitrogen and oxygen atoms in total. The summed E-state index contributed by atoms with van der Waals surface area (Å²) >= 11 is 1.45. The fraction of sp³-hybridized carbons (Fsp3) is 0.538. The van der Waals surface area contributed by atoms with Gasteiger partial charge in [0.1, 0.15) is 0 Å². The molecule has 2 aromatic heterocycles. The van der Waals surface area contributed by atoms with Gasteiger partial charge in [-0.1, -0.05) is 5.16 Å². The minimum atomic E-state index is 0.0251. The number of hydrogen-bond donors (Lipinski definition) is 0. The molecule has 112 valence electrons. The van der Waals surface area contributed by atoms with Gasteiger partial charge >= 0.3 is 0 Å². The fourth-order valence-corrected chi connectivity index (χ4v) is 3.15. The molecule has 0 bridgehead atoms. The number of rotatable bonds is 4. The summed E-state index contributed by atoms with van der Waals surface area (Å²) in [4.78, 5) is 24.5. The summed E-state index contributed by atoms with van der Waals surface area (Å²) in [6.07, 6.45) is 3.68. The number of amides is 1. The van der Waals surface area contributed by atoms with Crippen LogP contribution in [0.1, 0.15) is 30.6 Å². The second kappa shape index (κ2) is 5.90. The van der Waals surface area contributed by atoms with Crippen LogP contribution in [0.5, 0.6) is 0 Å². The fourth-order valence-electron chi connectivity index (χ4n) is 2.53. The first-order valence-electron chi connectivity index (χ1n) is 6.85. The Labute approximate surface area is 126 Å². The number of aromatic nitrogens is 3. The Bertz CT molecular complexity index is 612. The smallest absolute Gasteiger partial charge is 0.242 e. The highest BCUT2D eigenvalue weighted by molar-refractivity contribution is 7.13. The van der Waals surface area contributed by atoms with Gasteiger partial charge in [0, 0.05) is 25.5 Å². The van der Waals surface area contributed by atoms with Crippen LogP contribution < -0.4 is 4.90 Å². The van der Waals surface area contributed by atoms with E-state index in [2.05, 4.69) is 20.0 Å². The Kier molecular flexibility index (Phi) is 3.98. The maximum atomic E-state index is 12.4. The zero-order valence-corrected chi connectivity index (χ0v) is 12.8. The number of anilines is 1. The summed E-state index contributed by atoms with van der Waals surface area (Å²) < 4.78 is 5.05. The number of nitrogens with zero attached hydrogens (tertiary/aromatic N) is 5. The lowest BCUT2D eigenvalue weighted by Crippen LogP contribution is -2.38. The van der Waals surface area contributed by atoms with Crippen molar-refractivity contribution in [2.24, 2.45) is 0 Å². The van der Waals surface area contributed by atoms with Gasteiger partial charge < -0.3 is 4.52 Å². The first-order chi connectivity index (χ1) is 10.1. The van der Waals surface area contributed by atoms with E-state index in [-0.39, 0.29) is 11.9 Å². The number of carbonyl (C=O) groups excluding carboxylic acids is 1. The van der Waals surface area contributed by atoms with Gasteiger partial charge in [-0.2, -0.15) is 4.98 Å². The maximum absolute atomic E-state index is 12.4. The van der Waals surface area contributed by atoms with E-state index < -0.39 is 0 Å². The van der Waals surface area contributed by atoms with Crippen LogP contribution in [0.15, 0.2) is 16.1 Å². The molecule has 8 heteroatoms. The SMILES string of the molecule is Cc1nc([C@@H]2CCCN2CC(=O)N(C)c2nccs2)no1. The van der Waals surface area contributed by atoms with Crippen molar-refractivity contribution < 1.29 is 9.32 Å². The molecule has 1 saturated heterocycles. The Morgan fingerprint density at radius 3 is 3.14 bits per heavy atom. The standard InChI is InChI=1S/C13H17N5O2S/c1-9-15-12(16-20-9)10-4-3-6-18(10)8-11(19)17(2)13-14-5-7-21-13/h5,7,10H,3-4,6,8H2,1-2H3/t10-/m0/s1. The van der Waals surface area contributed by atoms with Crippen molar-refractivity contribution in [2.75, 3.05) is 25.0 Å². The summed E-state index contributed by atoms with van der Waals surface area (Å²) in [5, 5.41) is 6.56. The Balaban J connectivity index is 1.67. The molecule has 0 saturated carbocycles. The number of carbonyl (C=O) groups is 1. The van der Waals surface area contributed by atoms with E-state index in [9.17, 15) is 4.79 Å². The maximum Gasteiger partial charge on any atom is 0.242 e. The monoisotopic (exact) mass is 307 g/mol. The molecule has 2 aromatic rings. The first-order valence-corrected chi connectivity index (χ1v) is 7.73. The van der Waals surface area contributed by atoms with Crippen LogP contribution in [0.3, 0.4) is 0 Å². The van der Waals surface area contributed by atoms with E-state index in [1.54, 1.807) is 25.1 Å². The van der Waals surface area contributed by atoms with Gasteiger partial charge in [0.25, 0.3) is 0 Å². The molecule has 1 amide bonds. The topological polar surface area (TPSA) is 75.4 Å². The minimum absolute atomic E-state index is 0.0251. The average molecular weight is 307 g/mol. The lowest BCUT2D eigenvalue weighted by atomic mass is 10.2. The number of thiazole rings is 1. The minimum Gasteiger partial charge on any atom is -0.340 e. The van der Waals surface area contributed by atoms with E-state index in [0.717, 1.165) is 19.4 Å². The molecule has 21 heavy (non-hydrogen) atoms. The summed E-state index contributed by atoms with van der Waals surface area (Å²) in [6.45, 7) is 2.99. The molecule has 1 aliphatic rings. The van der Waals surface area contributed by atoms with Crippen LogP contribution in [0.4, 0.5) is 5.13 Å². The highest BCUT2D eigenvalue weighted by Gasteiger charge is 2.32. The van der Waals surface area contributed by atoms with Gasteiger partial charge in [0.05, 0.1) is 12.6 Å². The molecule has 1 fully saturated rings. The zero-order chi connectivity index (χ0) is 14.8. The molecule has 3 heterocycles. The van der Waals surface area contributed by atoms with Crippen molar-refractivity contribution in [1.29, 1.82) is 0 Å². The van der Waals surface area contributed by atoms with Crippen molar-refractivity contribution in [3.05, 3.63) is 23.3 Å². The predicted octanol–water partition coefficient (Wildman–Crippen LogP) is 1.63. The summed E-state index contributed by atoms with van der Waals surface area (Å²) in [5.74, 6) is 1.26. The molecular formula is C13H17N5O2S. The number of aryl methyl sites for hydroxylation is 1. The van der Waals surface area contributed by atoms with Gasteiger partial charge in [-0.25, -0.2) is 4.98 Å². The molecule has 0 N–H and O–H groups in total. The van der Waals surface area contributed by atoms with Crippen LogP contribution in [0.2, 0.25) is 0 Å². The summed E-state index contributed by atoms with van der Waals surface area (Å²) in [7, 11) is 1.75. The molecule has 0 unspecified atom stereocenters. The van der Waals surface area contributed by atoms with Gasteiger partial charge in [-0.15, -0.1) is 11.3 Å². The predicted molar refractivity (Wildman–Crippen MR) is 78.1 cm³/mol. The van der Waals surface area contributed by atoms with Crippen LogP contribution in [0, 0.1) is 6.92 Å². The van der Waals surface area contributed by atoms with Crippen molar-refractivity contribution in [2.45, 2.75) is 25.8 Å². The first kappa shape index (κ1) is 14.2. The number of hydrogen-bond acceptors (Lipinski definition) is 7. The van der Waals surface area contributed by atoms with E-state index in [4.69, 9.17) is 4.52 Å². The van der Waals surface area contributed by atoms with Crippen molar-refractivity contribution in [1.82, 2.24) is 20.0 Å². The molecule has 1 atom stereocenters. The number of likely N-dealkylation sites (tertiary alicyclic amines) is 1. The quantitative estimate of drug-likeness (QED) is 0.854. The molecule has 0 spiro atoms. The average Bonchev–Trinajstić information content (AvgIpc) is 3.17. The summed E-state index contributed by atoms with van der Waals surface area (Å²) in [6, 6.07) is 0.0658. The van der Waals surface area contributed by atoms with Gasteiger partial charge in [-0.3, -0.25) is 14.6 Å². The molecule has 1 aliphatic heterocycles. The second-order valence-electron chi connectivity index (χ2n) is 5.07. The Morgan fingerprint density at radius 1 is 1.62 bits per heavy atom. The molecule has 0 aromatic carbocycles. The van der Waals surface area contributed by atoms with Gasteiger partial charge in [0.2, 0.25) is 11.8 Å². The third kappa shape index (κ3) is 2.96. The Hall–Kier alpha value is -1.80. The van der Waals surface area contributed by atoms with Crippen molar-refractivity contribution >= 4 is 22.4 Å². The highest BCUT2D eigenvalue weighted by Crippen LogP contribution is 2.30. The van der Waals surface area contributed by atoms with Crippen LogP contribution in [-0.2, 0) is 4.79 Å². The third-order valence-corrected chi connectivity index (χ3v) is 4.47. The molecule has 0 aliphatic carbocycles. The molecule has 0 radical (unpaired) electrons. The van der Waals surface area contributed by atoms with Crippen molar-refractivity contribution in [3.8, 4) is 0 Å². The van der Waals surface area contributed by atoms with Gasteiger partial charge in [0.15, 0.2) is 11.0 Å². The lowest BCUT2D eigenvalue weighted by Gasteiger charge is -2.23. The van der Waals surface area contributed by atoms with Crippen molar-refractivity contribution in [3.63, 3.8) is 0 Å².